The minimum absolute atomic E-state index is 0.109. The van der Waals surface area contributed by atoms with E-state index in [0.29, 0.717) is 13.0 Å². The normalized spacial score (nSPS) is 27.4. The summed E-state index contributed by atoms with van der Waals surface area (Å²) in [4.78, 5) is 67.6. The van der Waals surface area contributed by atoms with Gasteiger partial charge in [0.1, 0.15) is 12.1 Å². The number of Topliss-reactive ketones (excluding diaryl/α,β-unsaturated/α-hetero) is 1. The van der Waals surface area contributed by atoms with Gasteiger partial charge in [0.2, 0.25) is 17.6 Å². The van der Waals surface area contributed by atoms with Crippen molar-refractivity contribution in [1.82, 2.24) is 30.5 Å². The van der Waals surface area contributed by atoms with Gasteiger partial charge in [0, 0.05) is 26.4 Å². The molecule has 7 atom stereocenters. The first-order valence-electron chi connectivity index (χ1n) is 16.2. The zero-order valence-corrected chi connectivity index (χ0v) is 30.1. The number of hydrogen-bond acceptors (Lipinski definition) is 6. The number of nitrogens with one attached hydrogen (secondary N) is 4. The molecule has 0 radical (unpaired) electrons. The van der Waals surface area contributed by atoms with Crippen LogP contribution in [0.1, 0.15) is 74.7 Å². The van der Waals surface area contributed by atoms with Gasteiger partial charge in [-0.05, 0) is 38.7 Å². The van der Waals surface area contributed by atoms with Crippen LogP contribution in [0.25, 0.3) is 0 Å². The summed E-state index contributed by atoms with van der Waals surface area (Å²) in [5.41, 5.74) is -1.78. The van der Waals surface area contributed by atoms with Crippen LogP contribution in [0.5, 0.6) is 0 Å². The number of hydrogen-bond donors (Lipinski definition) is 5. The molecule has 2 unspecified atom stereocenters. The summed E-state index contributed by atoms with van der Waals surface area (Å²) < 4.78 is 63.6. The third kappa shape index (κ3) is 9.05. The van der Waals surface area contributed by atoms with E-state index in [1.807, 2.05) is 34.6 Å². The van der Waals surface area contributed by atoms with Crippen molar-refractivity contribution in [3.05, 3.63) is 0 Å². The number of amides is 5. The minimum atomic E-state index is -4.64. The summed E-state index contributed by atoms with van der Waals surface area (Å²) in [6, 6.07) is -5.35. The van der Waals surface area contributed by atoms with Crippen LogP contribution in [0, 0.1) is 28.1 Å². The molecule has 3 aliphatic rings. The molecule has 17 heteroatoms. The summed E-state index contributed by atoms with van der Waals surface area (Å²) in [6.07, 6.45) is -6.37. The Kier molecular flexibility index (Phi) is 11.4. The number of carbonyl (C=O) groups is 5. The second-order valence-corrected chi connectivity index (χ2v) is 18.1. The maximum Gasteiger partial charge on any atom is 0.389 e. The third-order valence-corrected chi connectivity index (χ3v) is 11.9. The Morgan fingerprint density at radius 3 is 2.06 bits per heavy atom. The average molecular weight is 710 g/mol. The molecule has 2 aliphatic heterocycles. The van der Waals surface area contributed by atoms with Crippen molar-refractivity contribution >= 4 is 39.9 Å². The van der Waals surface area contributed by atoms with Crippen LogP contribution in [0.15, 0.2) is 0 Å². The fourth-order valence-corrected chi connectivity index (χ4v) is 8.28. The van der Waals surface area contributed by atoms with Gasteiger partial charge in [-0.15, -0.1) is 0 Å². The number of halogens is 3. The first-order valence-corrected chi connectivity index (χ1v) is 17.9. The van der Waals surface area contributed by atoms with Crippen molar-refractivity contribution in [2.75, 3.05) is 32.4 Å². The maximum atomic E-state index is 14.2. The fourth-order valence-electron chi connectivity index (χ4n) is 6.72. The smallest absolute Gasteiger partial charge is 0.353 e. The second-order valence-electron chi connectivity index (χ2n) is 15.9. The highest BCUT2D eigenvalue weighted by Crippen LogP contribution is 2.65. The predicted molar refractivity (Wildman–Crippen MR) is 172 cm³/mol. The molecule has 3 fully saturated rings. The van der Waals surface area contributed by atoms with E-state index in [4.69, 9.17) is 0 Å². The molecule has 2 heterocycles. The van der Waals surface area contributed by atoms with Gasteiger partial charge in [-0.2, -0.15) is 17.7 Å². The second kappa shape index (κ2) is 13.8. The van der Waals surface area contributed by atoms with Crippen LogP contribution in [-0.2, 0) is 33.8 Å². The Balaban J connectivity index is 1.84. The molecule has 48 heavy (non-hydrogen) atoms. The first-order chi connectivity index (χ1) is 21.7. The molecular weight excluding hydrogens is 657 g/mol. The Bertz CT molecular complexity index is 1330. The number of rotatable bonds is 11. The van der Waals surface area contributed by atoms with Crippen molar-refractivity contribution in [1.29, 1.82) is 0 Å². The molecule has 274 valence electrons. The maximum absolute atomic E-state index is 14.2. The number of fused-ring (bicyclic) bond motifs is 1. The van der Waals surface area contributed by atoms with Gasteiger partial charge in [-0.3, -0.25) is 19.2 Å². The number of carbonyl (C=O) groups excluding carboxylic acids is 5. The molecule has 1 aliphatic carbocycles. The van der Waals surface area contributed by atoms with Crippen LogP contribution < -0.4 is 21.3 Å². The Labute approximate surface area is 281 Å². The minimum Gasteiger partial charge on any atom is -0.353 e. The number of ketones is 1. The lowest BCUT2D eigenvalue weighted by molar-refractivity contribution is -0.148. The Hall–Kier alpha value is -2.79. The third-order valence-electron chi connectivity index (χ3n) is 9.91. The van der Waals surface area contributed by atoms with Crippen LogP contribution in [0.3, 0.4) is 0 Å². The van der Waals surface area contributed by atoms with Gasteiger partial charge in [0.15, 0.2) is 5.75 Å². The van der Waals surface area contributed by atoms with E-state index in [-0.39, 0.29) is 36.1 Å². The fraction of sp³-hybridized carbons (Fsp3) is 0.839. The van der Waals surface area contributed by atoms with Crippen LogP contribution in [-0.4, -0.2) is 106 Å². The zero-order valence-electron chi connectivity index (χ0n) is 29.2. The Morgan fingerprint density at radius 2 is 1.58 bits per heavy atom. The van der Waals surface area contributed by atoms with E-state index in [9.17, 15) is 45.9 Å². The Morgan fingerprint density at radius 1 is 0.979 bits per heavy atom. The van der Waals surface area contributed by atoms with Crippen molar-refractivity contribution in [2.24, 2.45) is 28.1 Å². The standard InChI is InChI=1S/C31H51F3N6O7S/c1-28(2,3)19(16-39-13-10-14-48(39,46)47)37-27(45)38-23(29(4,5)6)26(44)40-15-17-20(30(17,7)8)21(40)24(42)36-18(11-12-31(32,33)34)22(41)25(43)35-9/h17-21,23H,10-16H2,1-9H3,(H4-,35,36,37,38,42,43,45,46,47)/p+1/t17-,18?,19+,20-,21-,23+/m0/s1. The molecule has 0 aromatic heterocycles. The van der Waals surface area contributed by atoms with E-state index in [1.54, 1.807) is 20.8 Å². The van der Waals surface area contributed by atoms with E-state index in [1.165, 1.54) is 9.21 Å². The quantitative estimate of drug-likeness (QED) is 0.162. The van der Waals surface area contributed by atoms with E-state index < -0.39 is 94.0 Å². The molecule has 13 nitrogen and oxygen atoms in total. The number of urea groups is 1. The predicted octanol–water partition coefficient (Wildman–Crippen LogP) is 2.33. The molecule has 1 saturated carbocycles. The highest BCUT2D eigenvalue weighted by molar-refractivity contribution is 7.95. The molecule has 3 rings (SSSR count). The summed E-state index contributed by atoms with van der Waals surface area (Å²) in [6.45, 7) is 15.3. The molecular formula is C31H52F3N6O7S+. The number of piperidine rings is 1. The monoisotopic (exact) mass is 709 g/mol. The highest BCUT2D eigenvalue weighted by Gasteiger charge is 2.70. The van der Waals surface area contributed by atoms with Gasteiger partial charge >= 0.3 is 12.2 Å². The molecule has 0 bridgehead atoms. The molecule has 0 aromatic carbocycles. The zero-order chi connectivity index (χ0) is 36.8. The summed E-state index contributed by atoms with van der Waals surface area (Å²) in [7, 11) is -2.04. The molecule has 0 aromatic rings. The van der Waals surface area contributed by atoms with E-state index in [0.717, 1.165) is 7.05 Å². The number of likely N-dealkylation sites (N-methyl/N-ethyl adjacent to an activating group) is 1. The van der Waals surface area contributed by atoms with Gasteiger partial charge in [-0.1, -0.05) is 59.7 Å². The molecule has 5 N–H and O–H groups in total. The lowest BCUT2D eigenvalue weighted by Gasteiger charge is -2.39. The number of nitrogens with zero attached hydrogens (tertiary/aromatic N) is 2. The van der Waals surface area contributed by atoms with E-state index >= 15 is 0 Å². The first kappa shape index (κ1) is 39.6. The number of likely N-dealkylation sites (tertiary alicyclic amines) is 1. The molecule has 0 spiro atoms. The van der Waals surface area contributed by atoms with Gasteiger partial charge < -0.3 is 26.2 Å². The van der Waals surface area contributed by atoms with Crippen molar-refractivity contribution in [2.45, 2.75) is 105 Å². The lowest BCUT2D eigenvalue weighted by atomic mass is 9.85. The van der Waals surface area contributed by atoms with Crippen molar-refractivity contribution < 1.29 is 45.9 Å². The topological polar surface area (TPSA) is 177 Å². The number of alkyl halides is 3. The SMILES string of the molecule is CNC(=O)C(=O)C(CCC(F)(F)F)NC(=O)[C@@H]1[C@@H]2[C@H](CN1C(=O)[C@@H](NC(=O)N[C@H](CN1CCC[S+]1(=O)O)C(C)(C)C)C(C)(C)C)C2(C)C. The summed E-state index contributed by atoms with van der Waals surface area (Å²) in [5, 5.41) is 10.0. The molecule has 5 amide bonds. The van der Waals surface area contributed by atoms with Crippen LogP contribution in [0.4, 0.5) is 18.0 Å². The van der Waals surface area contributed by atoms with Crippen LogP contribution >= 0.6 is 0 Å². The van der Waals surface area contributed by atoms with Crippen molar-refractivity contribution in [3.63, 3.8) is 0 Å². The van der Waals surface area contributed by atoms with E-state index in [2.05, 4.69) is 21.3 Å². The van der Waals surface area contributed by atoms with Gasteiger partial charge in [0.25, 0.3) is 16.3 Å². The lowest BCUT2D eigenvalue weighted by Crippen LogP contribution is -2.62. The summed E-state index contributed by atoms with van der Waals surface area (Å²) >= 11 is 0. The highest BCUT2D eigenvalue weighted by atomic mass is 32.3. The van der Waals surface area contributed by atoms with Crippen LogP contribution in [0.2, 0.25) is 0 Å². The molecule has 2 saturated heterocycles. The van der Waals surface area contributed by atoms with Crippen molar-refractivity contribution in [3.8, 4) is 0 Å². The summed E-state index contributed by atoms with van der Waals surface area (Å²) in [5.74, 6) is -4.17. The largest absolute Gasteiger partial charge is 0.389 e. The van der Waals surface area contributed by atoms with Gasteiger partial charge in [0.05, 0.1) is 25.2 Å². The average Bonchev–Trinajstić information content (AvgIpc) is 3.24. The van der Waals surface area contributed by atoms with Gasteiger partial charge in [-0.25, -0.2) is 4.79 Å².